The van der Waals surface area contributed by atoms with Crippen LogP contribution in [0.1, 0.15) is 22.3 Å². The smallest absolute Gasteiger partial charge is 0.420 e. The Hall–Kier alpha value is -4.50. The summed E-state index contributed by atoms with van der Waals surface area (Å²) in [7, 11) is 0. The number of aromatic nitrogens is 2. The maximum absolute atomic E-state index is 14.0. The first-order chi connectivity index (χ1) is 19.4. The van der Waals surface area contributed by atoms with Gasteiger partial charge < -0.3 is 9.15 Å². The molecular weight excluding hydrogens is 600 g/mol. The summed E-state index contributed by atoms with van der Waals surface area (Å²) in [6.07, 6.45) is -24.3. The Kier molecular flexibility index (Phi) is 6.58. The molecule has 5 aromatic rings. The number of rotatable bonds is 3. The van der Waals surface area contributed by atoms with Crippen molar-refractivity contribution < 1.29 is 61.8 Å². The topological polar surface area (TPSA) is 48.2 Å². The third kappa shape index (κ3) is 5.16. The molecule has 2 heterocycles. The van der Waals surface area contributed by atoms with Crippen LogP contribution < -0.4 is 4.74 Å². The molecule has 0 unspecified atom stereocenters. The van der Waals surface area contributed by atoms with Gasteiger partial charge in [-0.3, -0.25) is 0 Å². The van der Waals surface area contributed by atoms with Crippen molar-refractivity contribution in [2.24, 2.45) is 0 Å². The number of nitrogens with zero attached hydrogens (tertiary/aromatic N) is 2. The summed E-state index contributed by atoms with van der Waals surface area (Å²) < 4.78 is 176. The van der Waals surface area contributed by atoms with E-state index in [-0.39, 0.29) is 22.2 Å². The molecule has 0 aliphatic rings. The van der Waals surface area contributed by atoms with Gasteiger partial charge in [-0.1, -0.05) is 24.3 Å². The molecule has 16 heteroatoms. The molecule has 0 bridgehead atoms. The molecule has 0 N–H and O–H groups in total. The van der Waals surface area contributed by atoms with Crippen LogP contribution in [0.3, 0.4) is 0 Å². The molecule has 0 aliphatic carbocycles. The Morgan fingerprint density at radius 3 is 1.64 bits per heavy atom. The molecule has 0 atom stereocenters. The second kappa shape index (κ2) is 9.52. The molecule has 0 aliphatic heterocycles. The fourth-order valence-electron chi connectivity index (χ4n) is 4.41. The summed E-state index contributed by atoms with van der Waals surface area (Å²) in [5.41, 5.74) is -13.4. The van der Waals surface area contributed by atoms with Crippen LogP contribution in [0.5, 0.6) is 11.6 Å². The third-order valence-electron chi connectivity index (χ3n) is 6.02. The monoisotopic (exact) mass is 610 g/mol. The highest BCUT2D eigenvalue weighted by Crippen LogP contribution is 2.55. The van der Waals surface area contributed by atoms with Crippen molar-refractivity contribution in [3.05, 3.63) is 83.1 Å². The standard InChI is InChI=1S/C26H10F12N2O2/c27-23(28,29)15-10-17(19(25(33,34)35)20(26(36,37)38)18(15)24(30,31)32)42-22-14-9-12-5-2-1-4-11(12)8-13(14)21(39-40-22)16-6-3-7-41-16/h1-10H. The molecule has 42 heavy (non-hydrogen) atoms. The molecule has 0 amide bonds. The Labute approximate surface area is 225 Å². The number of furan rings is 1. The Morgan fingerprint density at radius 2 is 1.14 bits per heavy atom. The van der Waals surface area contributed by atoms with Crippen molar-refractivity contribution in [2.75, 3.05) is 0 Å². The van der Waals surface area contributed by atoms with E-state index in [2.05, 4.69) is 10.2 Å². The number of benzene rings is 3. The van der Waals surface area contributed by atoms with Crippen LogP contribution in [0.25, 0.3) is 33.0 Å². The zero-order valence-electron chi connectivity index (χ0n) is 20.0. The van der Waals surface area contributed by atoms with Gasteiger partial charge in [-0.15, -0.1) is 10.2 Å². The molecule has 0 saturated heterocycles. The second-order valence-corrected chi connectivity index (χ2v) is 8.72. The predicted molar refractivity (Wildman–Crippen MR) is 121 cm³/mol. The van der Waals surface area contributed by atoms with Crippen LogP contribution >= 0.6 is 0 Å². The highest BCUT2D eigenvalue weighted by molar-refractivity contribution is 6.05. The van der Waals surface area contributed by atoms with Gasteiger partial charge in [-0.05, 0) is 41.1 Å². The van der Waals surface area contributed by atoms with E-state index in [1.807, 2.05) is 0 Å². The van der Waals surface area contributed by atoms with E-state index in [0.717, 1.165) is 0 Å². The first-order valence-corrected chi connectivity index (χ1v) is 11.3. The molecule has 4 nitrogen and oxygen atoms in total. The van der Waals surface area contributed by atoms with Crippen LogP contribution in [0.15, 0.2) is 65.3 Å². The normalized spacial score (nSPS) is 13.2. The highest BCUT2D eigenvalue weighted by atomic mass is 19.4. The van der Waals surface area contributed by atoms with E-state index in [1.54, 1.807) is 18.2 Å². The molecule has 3 aromatic carbocycles. The van der Waals surface area contributed by atoms with Gasteiger partial charge in [0, 0.05) is 10.8 Å². The largest absolute Gasteiger partial charge is 0.463 e. The lowest BCUT2D eigenvalue weighted by Gasteiger charge is -2.26. The molecule has 2 aromatic heterocycles. The Bertz CT molecular complexity index is 1800. The lowest BCUT2D eigenvalue weighted by atomic mass is 9.92. The molecular formula is C26H10F12N2O2. The van der Waals surface area contributed by atoms with Crippen molar-refractivity contribution in [1.29, 1.82) is 0 Å². The fourth-order valence-corrected chi connectivity index (χ4v) is 4.41. The zero-order chi connectivity index (χ0) is 30.8. The Morgan fingerprint density at radius 1 is 0.571 bits per heavy atom. The van der Waals surface area contributed by atoms with Crippen LogP contribution in [-0.4, -0.2) is 10.2 Å². The second-order valence-electron chi connectivity index (χ2n) is 8.72. The van der Waals surface area contributed by atoms with Gasteiger partial charge in [-0.2, -0.15) is 52.7 Å². The molecule has 0 saturated carbocycles. The zero-order valence-corrected chi connectivity index (χ0v) is 20.0. The van der Waals surface area contributed by atoms with Gasteiger partial charge in [0.05, 0.1) is 23.0 Å². The summed E-state index contributed by atoms with van der Waals surface area (Å²) in [5.74, 6) is -3.15. The van der Waals surface area contributed by atoms with Gasteiger partial charge in [0.1, 0.15) is 17.0 Å². The minimum absolute atomic E-state index is 0.0245. The van der Waals surface area contributed by atoms with Crippen molar-refractivity contribution in [1.82, 2.24) is 10.2 Å². The Balaban J connectivity index is 1.87. The van der Waals surface area contributed by atoms with Crippen molar-refractivity contribution >= 4 is 21.5 Å². The molecule has 220 valence electrons. The van der Waals surface area contributed by atoms with Crippen molar-refractivity contribution in [2.45, 2.75) is 24.7 Å². The number of hydrogen-bond acceptors (Lipinski definition) is 4. The average molecular weight is 610 g/mol. The first-order valence-electron chi connectivity index (χ1n) is 11.3. The quantitative estimate of drug-likeness (QED) is 0.151. The molecule has 5 rings (SSSR count). The van der Waals surface area contributed by atoms with Gasteiger partial charge in [0.25, 0.3) is 0 Å². The van der Waals surface area contributed by atoms with Crippen molar-refractivity contribution in [3.63, 3.8) is 0 Å². The van der Waals surface area contributed by atoms with Crippen LogP contribution in [0, 0.1) is 0 Å². The number of ether oxygens (including phenoxy) is 1. The molecule has 0 spiro atoms. The maximum Gasteiger partial charge on any atom is 0.420 e. The minimum atomic E-state index is -6.55. The number of alkyl halides is 12. The highest BCUT2D eigenvalue weighted by Gasteiger charge is 2.56. The lowest BCUT2D eigenvalue weighted by molar-refractivity contribution is -0.183. The van der Waals surface area contributed by atoms with Gasteiger partial charge >= 0.3 is 24.7 Å². The van der Waals surface area contributed by atoms with Gasteiger partial charge in [-0.25, -0.2) is 0 Å². The van der Waals surface area contributed by atoms with E-state index >= 15 is 0 Å². The maximum atomic E-state index is 14.0. The third-order valence-corrected chi connectivity index (χ3v) is 6.02. The summed E-state index contributed by atoms with van der Waals surface area (Å²) in [4.78, 5) is 0. The first kappa shape index (κ1) is 29.0. The average Bonchev–Trinajstić information content (AvgIpc) is 3.39. The van der Waals surface area contributed by atoms with E-state index in [0.29, 0.717) is 10.8 Å². The molecule has 0 radical (unpaired) electrons. The minimum Gasteiger partial charge on any atom is -0.463 e. The van der Waals surface area contributed by atoms with E-state index in [1.165, 1.54) is 36.6 Å². The predicted octanol–water partition coefficient (Wildman–Crippen LogP) is 9.91. The van der Waals surface area contributed by atoms with Crippen molar-refractivity contribution in [3.8, 4) is 23.1 Å². The van der Waals surface area contributed by atoms with E-state index < -0.39 is 64.7 Å². The van der Waals surface area contributed by atoms with Crippen LogP contribution in [-0.2, 0) is 24.7 Å². The number of halogens is 12. The molecule has 0 fully saturated rings. The fraction of sp³-hybridized carbons (Fsp3) is 0.154. The van der Waals surface area contributed by atoms with E-state index in [9.17, 15) is 52.7 Å². The lowest BCUT2D eigenvalue weighted by Crippen LogP contribution is -2.28. The summed E-state index contributed by atoms with van der Waals surface area (Å²) >= 11 is 0. The SMILES string of the molecule is FC(F)(F)c1cc(Oc2nnc(-c3ccco3)c3cc4ccccc4cc23)c(C(F)(F)F)c(C(F)(F)F)c1C(F)(F)F. The van der Waals surface area contributed by atoms with E-state index in [4.69, 9.17) is 9.15 Å². The number of hydrogen-bond donors (Lipinski definition) is 0. The number of fused-ring (bicyclic) bond motifs is 2. The summed E-state index contributed by atoms with van der Waals surface area (Å²) in [6, 6.07) is 11.1. The van der Waals surface area contributed by atoms with Gasteiger partial charge in [0.15, 0.2) is 5.76 Å². The van der Waals surface area contributed by atoms with Gasteiger partial charge in [0.2, 0.25) is 5.88 Å². The van der Waals surface area contributed by atoms with Crippen LogP contribution in [0.4, 0.5) is 52.7 Å². The van der Waals surface area contributed by atoms with Crippen LogP contribution in [0.2, 0.25) is 0 Å². The summed E-state index contributed by atoms with van der Waals surface area (Å²) in [5, 5.41) is 8.05. The summed E-state index contributed by atoms with van der Waals surface area (Å²) in [6.45, 7) is 0.